The van der Waals surface area contributed by atoms with Crippen molar-refractivity contribution >= 4 is 11.0 Å². The second kappa shape index (κ2) is 2.59. The Kier molecular flexibility index (Phi) is 1.45. The molecule has 0 aliphatic carbocycles. The summed E-state index contributed by atoms with van der Waals surface area (Å²) in [6, 6.07) is 7.43. The van der Waals surface area contributed by atoms with Gasteiger partial charge in [-0.15, -0.1) is 0 Å². The lowest BCUT2D eigenvalue weighted by Crippen LogP contribution is -1.83. The SMILES string of the molecule is N#Cc1cnc2cccnc2c1. The van der Waals surface area contributed by atoms with Crippen LogP contribution in [-0.2, 0) is 0 Å². The van der Waals surface area contributed by atoms with Gasteiger partial charge in [-0.25, -0.2) is 0 Å². The van der Waals surface area contributed by atoms with E-state index in [1.165, 1.54) is 0 Å². The van der Waals surface area contributed by atoms with Crippen molar-refractivity contribution in [2.75, 3.05) is 0 Å². The minimum atomic E-state index is 0.543. The molecule has 0 saturated heterocycles. The molecule has 2 aromatic rings. The Labute approximate surface area is 69.3 Å². The first-order valence-electron chi connectivity index (χ1n) is 3.51. The molecular formula is C9H5N3. The Morgan fingerprint density at radius 2 is 2.17 bits per heavy atom. The summed E-state index contributed by atoms with van der Waals surface area (Å²) in [6.45, 7) is 0. The molecule has 2 aromatic heterocycles. The standard InChI is InChI=1S/C9H5N3/c10-5-7-4-9-8(12-6-7)2-1-3-11-9/h1-4,6H. The predicted molar refractivity (Wildman–Crippen MR) is 44.3 cm³/mol. The number of pyridine rings is 2. The van der Waals surface area contributed by atoms with Gasteiger partial charge in [0.2, 0.25) is 0 Å². The van der Waals surface area contributed by atoms with Crippen molar-refractivity contribution in [2.45, 2.75) is 0 Å². The van der Waals surface area contributed by atoms with Crippen LogP contribution in [0.3, 0.4) is 0 Å². The molecule has 56 valence electrons. The molecule has 0 saturated carbocycles. The third kappa shape index (κ3) is 0.995. The van der Waals surface area contributed by atoms with Crippen molar-refractivity contribution in [3.8, 4) is 6.07 Å². The molecule has 0 spiro atoms. The van der Waals surface area contributed by atoms with Gasteiger partial charge in [0.1, 0.15) is 6.07 Å². The minimum Gasteiger partial charge on any atom is -0.255 e. The summed E-state index contributed by atoms with van der Waals surface area (Å²) in [7, 11) is 0. The topological polar surface area (TPSA) is 49.6 Å². The van der Waals surface area contributed by atoms with Gasteiger partial charge in [-0.3, -0.25) is 9.97 Å². The van der Waals surface area contributed by atoms with Crippen molar-refractivity contribution in [3.05, 3.63) is 36.2 Å². The van der Waals surface area contributed by atoms with E-state index in [0.29, 0.717) is 5.56 Å². The van der Waals surface area contributed by atoms with E-state index in [0.717, 1.165) is 11.0 Å². The molecule has 3 heteroatoms. The minimum absolute atomic E-state index is 0.543. The van der Waals surface area contributed by atoms with Crippen LogP contribution in [0.15, 0.2) is 30.6 Å². The van der Waals surface area contributed by atoms with Gasteiger partial charge in [0.05, 0.1) is 16.6 Å². The highest BCUT2D eigenvalue weighted by atomic mass is 14.7. The highest BCUT2D eigenvalue weighted by molar-refractivity contribution is 5.74. The lowest BCUT2D eigenvalue weighted by atomic mass is 10.2. The number of nitriles is 1. The number of fused-ring (bicyclic) bond motifs is 1. The summed E-state index contributed by atoms with van der Waals surface area (Å²) >= 11 is 0. The van der Waals surface area contributed by atoms with Gasteiger partial charge in [0.15, 0.2) is 0 Å². The maximum atomic E-state index is 8.58. The van der Waals surface area contributed by atoms with Gasteiger partial charge in [0, 0.05) is 12.4 Å². The molecule has 2 rings (SSSR count). The Balaban J connectivity index is 2.78. The smallest absolute Gasteiger partial charge is 0.101 e. The molecule has 0 unspecified atom stereocenters. The fourth-order valence-corrected chi connectivity index (χ4v) is 1.01. The highest BCUT2D eigenvalue weighted by Gasteiger charge is 1.95. The molecule has 0 radical (unpaired) electrons. The van der Waals surface area contributed by atoms with Gasteiger partial charge < -0.3 is 0 Å². The largest absolute Gasteiger partial charge is 0.255 e. The predicted octanol–water partition coefficient (Wildman–Crippen LogP) is 1.50. The molecule has 0 aliphatic rings. The zero-order chi connectivity index (χ0) is 8.39. The number of rotatable bonds is 0. The normalized spacial score (nSPS) is 9.58. The number of aromatic nitrogens is 2. The zero-order valence-corrected chi connectivity index (χ0v) is 6.23. The van der Waals surface area contributed by atoms with Gasteiger partial charge in [-0.05, 0) is 18.2 Å². The van der Waals surface area contributed by atoms with Crippen molar-refractivity contribution in [1.82, 2.24) is 9.97 Å². The van der Waals surface area contributed by atoms with Crippen LogP contribution >= 0.6 is 0 Å². The molecule has 3 nitrogen and oxygen atoms in total. The molecule has 0 aliphatic heterocycles. The van der Waals surface area contributed by atoms with E-state index >= 15 is 0 Å². The first-order chi connectivity index (χ1) is 5.90. The van der Waals surface area contributed by atoms with E-state index in [1.54, 1.807) is 18.5 Å². The zero-order valence-electron chi connectivity index (χ0n) is 6.23. The number of nitrogens with zero attached hydrogens (tertiary/aromatic N) is 3. The van der Waals surface area contributed by atoms with E-state index in [-0.39, 0.29) is 0 Å². The first kappa shape index (κ1) is 6.74. The quantitative estimate of drug-likeness (QED) is 0.579. The van der Waals surface area contributed by atoms with Crippen LogP contribution in [0.4, 0.5) is 0 Å². The van der Waals surface area contributed by atoms with Crippen molar-refractivity contribution in [2.24, 2.45) is 0 Å². The third-order valence-electron chi connectivity index (χ3n) is 1.58. The molecule has 0 amide bonds. The molecule has 0 aromatic carbocycles. The average Bonchev–Trinajstić information content (AvgIpc) is 2.17. The van der Waals surface area contributed by atoms with E-state index < -0.39 is 0 Å². The van der Waals surface area contributed by atoms with E-state index in [2.05, 4.69) is 9.97 Å². The summed E-state index contributed by atoms with van der Waals surface area (Å²) in [6.07, 6.45) is 3.23. The second-order valence-electron chi connectivity index (χ2n) is 2.38. The van der Waals surface area contributed by atoms with Crippen LogP contribution in [-0.4, -0.2) is 9.97 Å². The molecule has 2 heterocycles. The van der Waals surface area contributed by atoms with Crippen LogP contribution < -0.4 is 0 Å². The second-order valence-corrected chi connectivity index (χ2v) is 2.38. The summed E-state index contributed by atoms with van der Waals surface area (Å²) in [5.74, 6) is 0. The molecule has 0 bridgehead atoms. The molecule has 0 fully saturated rings. The van der Waals surface area contributed by atoms with Crippen molar-refractivity contribution in [1.29, 1.82) is 5.26 Å². The summed E-state index contributed by atoms with van der Waals surface area (Å²) < 4.78 is 0. The average molecular weight is 155 g/mol. The lowest BCUT2D eigenvalue weighted by Gasteiger charge is -1.93. The summed E-state index contributed by atoms with van der Waals surface area (Å²) in [5.41, 5.74) is 2.12. The molecule has 12 heavy (non-hydrogen) atoms. The fraction of sp³-hybridized carbons (Fsp3) is 0. The van der Waals surface area contributed by atoms with Crippen LogP contribution in [0.2, 0.25) is 0 Å². The maximum absolute atomic E-state index is 8.58. The van der Waals surface area contributed by atoms with Crippen molar-refractivity contribution < 1.29 is 0 Å². The Morgan fingerprint density at radius 3 is 3.00 bits per heavy atom. The summed E-state index contributed by atoms with van der Waals surface area (Å²) in [4.78, 5) is 8.14. The van der Waals surface area contributed by atoms with Gasteiger partial charge >= 0.3 is 0 Å². The Morgan fingerprint density at radius 1 is 1.25 bits per heavy atom. The van der Waals surface area contributed by atoms with Crippen LogP contribution in [0.1, 0.15) is 5.56 Å². The first-order valence-corrected chi connectivity index (χ1v) is 3.51. The van der Waals surface area contributed by atoms with E-state index in [4.69, 9.17) is 5.26 Å². The van der Waals surface area contributed by atoms with Crippen LogP contribution in [0.5, 0.6) is 0 Å². The van der Waals surface area contributed by atoms with E-state index in [1.807, 2.05) is 18.2 Å². The van der Waals surface area contributed by atoms with Crippen LogP contribution in [0, 0.1) is 11.3 Å². The summed E-state index contributed by atoms with van der Waals surface area (Å²) in [5, 5.41) is 8.58. The van der Waals surface area contributed by atoms with Crippen molar-refractivity contribution in [3.63, 3.8) is 0 Å². The number of hydrogen-bond acceptors (Lipinski definition) is 3. The molecule has 0 N–H and O–H groups in total. The highest BCUT2D eigenvalue weighted by Crippen LogP contribution is 2.08. The van der Waals surface area contributed by atoms with Gasteiger partial charge in [-0.1, -0.05) is 0 Å². The fourth-order valence-electron chi connectivity index (χ4n) is 1.01. The lowest BCUT2D eigenvalue weighted by molar-refractivity contribution is 1.32. The monoisotopic (exact) mass is 155 g/mol. The molecule has 0 atom stereocenters. The van der Waals surface area contributed by atoms with Gasteiger partial charge in [0.25, 0.3) is 0 Å². The van der Waals surface area contributed by atoms with Crippen LogP contribution in [0.25, 0.3) is 11.0 Å². The maximum Gasteiger partial charge on any atom is 0.101 e. The van der Waals surface area contributed by atoms with Gasteiger partial charge in [-0.2, -0.15) is 5.26 Å². The van der Waals surface area contributed by atoms with E-state index in [9.17, 15) is 0 Å². The third-order valence-corrected chi connectivity index (χ3v) is 1.58. The molecular weight excluding hydrogens is 150 g/mol. The Bertz CT molecular complexity index is 457. The Hall–Kier alpha value is -1.95. The number of hydrogen-bond donors (Lipinski definition) is 0.